The molecule has 0 unspecified atom stereocenters. The summed E-state index contributed by atoms with van der Waals surface area (Å²) in [6, 6.07) is 4.21. The molecule has 0 bridgehead atoms. The smallest absolute Gasteiger partial charge is 0.261 e. The highest BCUT2D eigenvalue weighted by Gasteiger charge is 2.03. The second kappa shape index (κ2) is 6.22. The van der Waals surface area contributed by atoms with Crippen molar-refractivity contribution < 1.29 is 17.9 Å². The minimum absolute atomic E-state index is 0.0914. The van der Waals surface area contributed by atoms with Crippen molar-refractivity contribution in [2.75, 3.05) is 30.8 Å². The third-order valence-corrected chi connectivity index (χ3v) is 1.80. The normalized spacial score (nSPS) is 10.8. The van der Waals surface area contributed by atoms with Gasteiger partial charge in [-0.05, 0) is 18.2 Å². The van der Waals surface area contributed by atoms with Crippen LogP contribution in [0, 0.1) is 5.82 Å². The van der Waals surface area contributed by atoms with E-state index in [4.69, 9.17) is 5.73 Å². The van der Waals surface area contributed by atoms with Crippen molar-refractivity contribution in [1.82, 2.24) is 0 Å². The van der Waals surface area contributed by atoms with Gasteiger partial charge in [-0.1, -0.05) is 0 Å². The standard InChI is InChI=1S/C10H13F3N2O/c11-8-5-7(14)1-2-9(8)15-3-4-16-6-10(12)13/h1-2,5,10,15H,3-4,6,14H2. The Kier molecular flexibility index (Phi) is 4.91. The summed E-state index contributed by atoms with van der Waals surface area (Å²) in [5.41, 5.74) is 5.96. The maximum absolute atomic E-state index is 13.2. The average Bonchev–Trinajstić information content (AvgIpc) is 2.20. The molecule has 0 aliphatic heterocycles. The largest absolute Gasteiger partial charge is 0.399 e. The lowest BCUT2D eigenvalue weighted by Gasteiger charge is -2.08. The van der Waals surface area contributed by atoms with E-state index in [-0.39, 0.29) is 18.8 Å². The average molecular weight is 234 g/mol. The Morgan fingerprint density at radius 2 is 2.12 bits per heavy atom. The molecule has 1 aromatic rings. The van der Waals surface area contributed by atoms with Crippen molar-refractivity contribution in [3.8, 4) is 0 Å². The van der Waals surface area contributed by atoms with E-state index < -0.39 is 18.8 Å². The molecule has 3 N–H and O–H groups in total. The minimum Gasteiger partial charge on any atom is -0.399 e. The number of hydrogen-bond acceptors (Lipinski definition) is 3. The van der Waals surface area contributed by atoms with Crippen LogP contribution in [0.5, 0.6) is 0 Å². The van der Waals surface area contributed by atoms with Crippen LogP contribution in [0.2, 0.25) is 0 Å². The van der Waals surface area contributed by atoms with Gasteiger partial charge in [0.1, 0.15) is 12.4 Å². The summed E-state index contributed by atoms with van der Waals surface area (Å²) in [6.45, 7) is -0.256. The van der Waals surface area contributed by atoms with E-state index in [2.05, 4.69) is 10.1 Å². The van der Waals surface area contributed by atoms with Gasteiger partial charge in [-0.2, -0.15) is 0 Å². The van der Waals surface area contributed by atoms with Gasteiger partial charge in [0.25, 0.3) is 6.43 Å². The molecular weight excluding hydrogens is 221 g/mol. The summed E-state index contributed by atoms with van der Waals surface area (Å²) in [6.07, 6.45) is -2.48. The summed E-state index contributed by atoms with van der Waals surface area (Å²) in [5.74, 6) is -0.478. The van der Waals surface area contributed by atoms with Gasteiger partial charge in [-0.15, -0.1) is 0 Å². The van der Waals surface area contributed by atoms with Crippen LogP contribution in [-0.2, 0) is 4.74 Å². The van der Waals surface area contributed by atoms with E-state index in [1.165, 1.54) is 12.1 Å². The number of nitrogens with one attached hydrogen (secondary N) is 1. The number of rotatable bonds is 6. The van der Waals surface area contributed by atoms with E-state index in [1.54, 1.807) is 6.07 Å². The van der Waals surface area contributed by atoms with Crippen LogP contribution in [-0.4, -0.2) is 26.2 Å². The van der Waals surface area contributed by atoms with Crippen molar-refractivity contribution in [2.45, 2.75) is 6.43 Å². The molecule has 16 heavy (non-hydrogen) atoms. The van der Waals surface area contributed by atoms with Crippen molar-refractivity contribution in [2.24, 2.45) is 0 Å². The van der Waals surface area contributed by atoms with Crippen LogP contribution in [0.4, 0.5) is 24.5 Å². The van der Waals surface area contributed by atoms with Gasteiger partial charge in [0.15, 0.2) is 0 Å². The topological polar surface area (TPSA) is 47.3 Å². The van der Waals surface area contributed by atoms with E-state index in [1.807, 2.05) is 0 Å². The van der Waals surface area contributed by atoms with Crippen molar-refractivity contribution >= 4 is 11.4 Å². The summed E-state index contributed by atoms with van der Waals surface area (Å²) < 4.78 is 41.2. The summed E-state index contributed by atoms with van der Waals surface area (Å²) in [4.78, 5) is 0. The van der Waals surface area contributed by atoms with Crippen molar-refractivity contribution in [1.29, 1.82) is 0 Å². The Hall–Kier alpha value is -1.43. The zero-order chi connectivity index (χ0) is 12.0. The maximum Gasteiger partial charge on any atom is 0.261 e. The number of anilines is 2. The quantitative estimate of drug-likeness (QED) is 0.585. The Morgan fingerprint density at radius 1 is 1.38 bits per heavy atom. The summed E-state index contributed by atoms with van der Waals surface area (Å²) in [5, 5.41) is 2.71. The molecular formula is C10H13F3N2O. The third kappa shape index (κ3) is 4.39. The zero-order valence-corrected chi connectivity index (χ0v) is 8.55. The van der Waals surface area contributed by atoms with Crippen molar-refractivity contribution in [3.63, 3.8) is 0 Å². The lowest BCUT2D eigenvalue weighted by Crippen LogP contribution is -2.13. The van der Waals surface area contributed by atoms with Crippen LogP contribution in [0.15, 0.2) is 18.2 Å². The first-order valence-corrected chi connectivity index (χ1v) is 4.74. The zero-order valence-electron chi connectivity index (χ0n) is 8.55. The van der Waals surface area contributed by atoms with Gasteiger partial charge < -0.3 is 15.8 Å². The number of halogens is 3. The van der Waals surface area contributed by atoms with E-state index in [9.17, 15) is 13.2 Å². The molecule has 0 fully saturated rings. The summed E-state index contributed by atoms with van der Waals surface area (Å²) in [7, 11) is 0. The van der Waals surface area contributed by atoms with Gasteiger partial charge in [0.05, 0.1) is 12.3 Å². The first-order valence-electron chi connectivity index (χ1n) is 4.74. The fraction of sp³-hybridized carbons (Fsp3) is 0.400. The Balaban J connectivity index is 2.27. The molecule has 0 radical (unpaired) electrons. The van der Waals surface area contributed by atoms with Crippen LogP contribution >= 0.6 is 0 Å². The van der Waals surface area contributed by atoms with Crippen molar-refractivity contribution in [3.05, 3.63) is 24.0 Å². The second-order valence-electron chi connectivity index (χ2n) is 3.13. The molecule has 0 atom stereocenters. The van der Waals surface area contributed by atoms with E-state index >= 15 is 0 Å². The highest BCUT2D eigenvalue weighted by Crippen LogP contribution is 2.16. The van der Waals surface area contributed by atoms with Gasteiger partial charge in [0.2, 0.25) is 0 Å². The monoisotopic (exact) mass is 234 g/mol. The first kappa shape index (κ1) is 12.6. The number of hydrogen-bond donors (Lipinski definition) is 2. The number of nitrogen functional groups attached to an aromatic ring is 1. The lowest BCUT2D eigenvalue weighted by atomic mass is 10.2. The SMILES string of the molecule is Nc1ccc(NCCOCC(F)F)c(F)c1. The van der Waals surface area contributed by atoms with Gasteiger partial charge >= 0.3 is 0 Å². The predicted molar refractivity (Wildman–Crippen MR) is 56.1 cm³/mol. The third-order valence-electron chi connectivity index (χ3n) is 1.80. The number of alkyl halides is 2. The van der Waals surface area contributed by atoms with Crippen LogP contribution in [0.25, 0.3) is 0 Å². The highest BCUT2D eigenvalue weighted by atomic mass is 19.3. The molecule has 0 saturated carbocycles. The highest BCUT2D eigenvalue weighted by molar-refractivity contribution is 5.52. The molecule has 3 nitrogen and oxygen atoms in total. The minimum atomic E-state index is -2.48. The molecule has 90 valence electrons. The van der Waals surface area contributed by atoms with E-state index in [0.29, 0.717) is 5.69 Å². The molecule has 0 amide bonds. The van der Waals surface area contributed by atoms with Gasteiger partial charge in [0, 0.05) is 12.2 Å². The first-order chi connectivity index (χ1) is 7.59. The molecule has 1 aromatic carbocycles. The number of ether oxygens (including phenoxy) is 1. The molecule has 6 heteroatoms. The molecule has 0 spiro atoms. The predicted octanol–water partition coefficient (Wildman–Crippen LogP) is 2.10. The number of nitrogens with two attached hydrogens (primary N) is 1. The molecule has 0 aromatic heterocycles. The Bertz CT molecular complexity index is 334. The van der Waals surface area contributed by atoms with Crippen LogP contribution < -0.4 is 11.1 Å². The molecule has 1 rings (SSSR count). The fourth-order valence-corrected chi connectivity index (χ4v) is 1.11. The number of benzene rings is 1. The van der Waals surface area contributed by atoms with E-state index in [0.717, 1.165) is 0 Å². The second-order valence-corrected chi connectivity index (χ2v) is 3.13. The van der Waals surface area contributed by atoms with Gasteiger partial charge in [-0.25, -0.2) is 13.2 Å². The van der Waals surface area contributed by atoms with Crippen LogP contribution in [0.3, 0.4) is 0 Å². The fourth-order valence-electron chi connectivity index (χ4n) is 1.11. The Morgan fingerprint density at radius 3 is 2.75 bits per heavy atom. The Labute approximate surface area is 91.4 Å². The van der Waals surface area contributed by atoms with Crippen LogP contribution in [0.1, 0.15) is 0 Å². The molecule has 0 saturated heterocycles. The maximum atomic E-state index is 13.2. The molecule has 0 aliphatic rings. The van der Waals surface area contributed by atoms with Gasteiger partial charge in [-0.3, -0.25) is 0 Å². The molecule has 0 heterocycles. The summed E-state index contributed by atoms with van der Waals surface area (Å²) >= 11 is 0. The molecule has 0 aliphatic carbocycles. The lowest BCUT2D eigenvalue weighted by molar-refractivity contribution is 0.0215.